The first kappa shape index (κ1) is 14.9. The molecule has 1 aromatic carbocycles. The van der Waals surface area contributed by atoms with E-state index in [9.17, 15) is 9.18 Å². The number of hydrogen-bond acceptors (Lipinski definition) is 3. The number of hydrogen-bond donors (Lipinski definition) is 1. The fourth-order valence-corrected chi connectivity index (χ4v) is 2.91. The Morgan fingerprint density at radius 3 is 2.80 bits per heavy atom. The van der Waals surface area contributed by atoms with Gasteiger partial charge in [0.2, 0.25) is 0 Å². The summed E-state index contributed by atoms with van der Waals surface area (Å²) in [7, 11) is 0. The van der Waals surface area contributed by atoms with Crippen molar-refractivity contribution in [2.45, 2.75) is 20.3 Å². The van der Waals surface area contributed by atoms with Crippen molar-refractivity contribution < 1.29 is 9.18 Å². The van der Waals surface area contributed by atoms with E-state index >= 15 is 0 Å². The smallest absolute Gasteiger partial charge is 0.255 e. The highest BCUT2D eigenvalue weighted by molar-refractivity contribution is 7.11. The van der Waals surface area contributed by atoms with E-state index in [1.54, 1.807) is 11.3 Å². The quantitative estimate of drug-likeness (QED) is 0.938. The molecule has 0 unspecified atom stereocenters. The maximum atomic E-state index is 13.6. The maximum Gasteiger partial charge on any atom is 0.255 e. The van der Waals surface area contributed by atoms with E-state index in [0.29, 0.717) is 13.0 Å². The number of nitrogens with zero attached hydrogens (tertiary/aromatic N) is 1. The monoisotopic (exact) mass is 312 g/mol. The molecule has 0 aliphatic rings. The Labute approximate surface area is 125 Å². The largest absolute Gasteiger partial charge is 0.351 e. The molecule has 20 heavy (non-hydrogen) atoms. The summed E-state index contributed by atoms with van der Waals surface area (Å²) >= 11 is 7.44. The molecule has 0 atom stereocenters. The molecule has 6 heteroatoms. The number of thiazole rings is 1. The summed E-state index contributed by atoms with van der Waals surface area (Å²) in [5.41, 5.74) is 0.897. The number of rotatable bonds is 4. The molecule has 0 spiro atoms. The van der Waals surface area contributed by atoms with Crippen molar-refractivity contribution in [1.29, 1.82) is 0 Å². The Balaban J connectivity index is 1.96. The number of halogens is 2. The van der Waals surface area contributed by atoms with Crippen molar-refractivity contribution in [3.05, 3.63) is 50.2 Å². The number of amides is 1. The highest BCUT2D eigenvalue weighted by atomic mass is 35.5. The summed E-state index contributed by atoms with van der Waals surface area (Å²) in [5, 5.41) is 3.73. The zero-order valence-electron chi connectivity index (χ0n) is 11.2. The van der Waals surface area contributed by atoms with E-state index in [4.69, 9.17) is 11.6 Å². The Kier molecular flexibility index (Phi) is 4.73. The van der Waals surface area contributed by atoms with Gasteiger partial charge in [0.25, 0.3) is 5.91 Å². The number of benzene rings is 1. The molecular formula is C14H14ClFN2OS. The number of aryl methyl sites for hydroxylation is 2. The summed E-state index contributed by atoms with van der Waals surface area (Å²) in [6, 6.07) is 4.18. The fourth-order valence-electron chi connectivity index (χ4n) is 1.73. The molecule has 0 aliphatic heterocycles. The van der Waals surface area contributed by atoms with E-state index in [2.05, 4.69) is 10.3 Å². The molecule has 3 nitrogen and oxygen atoms in total. The lowest BCUT2D eigenvalue weighted by molar-refractivity contribution is 0.0950. The highest BCUT2D eigenvalue weighted by Crippen LogP contribution is 2.19. The summed E-state index contributed by atoms with van der Waals surface area (Å²) in [6.07, 6.45) is 0.622. The Morgan fingerprint density at radius 2 is 2.20 bits per heavy atom. The average molecular weight is 313 g/mol. The minimum atomic E-state index is -0.615. The lowest BCUT2D eigenvalue weighted by Gasteiger charge is -2.06. The van der Waals surface area contributed by atoms with Gasteiger partial charge in [0, 0.05) is 17.8 Å². The van der Waals surface area contributed by atoms with Crippen LogP contribution in [0.5, 0.6) is 0 Å². The van der Waals surface area contributed by atoms with Crippen LogP contribution in [-0.4, -0.2) is 17.4 Å². The van der Waals surface area contributed by atoms with Crippen molar-refractivity contribution in [2.75, 3.05) is 6.54 Å². The van der Waals surface area contributed by atoms with Crippen molar-refractivity contribution in [2.24, 2.45) is 0 Å². The van der Waals surface area contributed by atoms with E-state index in [1.165, 1.54) is 23.1 Å². The third-order valence-corrected chi connectivity index (χ3v) is 4.33. The molecule has 0 bridgehead atoms. The zero-order valence-corrected chi connectivity index (χ0v) is 12.7. The Morgan fingerprint density at radius 1 is 1.45 bits per heavy atom. The van der Waals surface area contributed by atoms with Crippen LogP contribution >= 0.6 is 22.9 Å². The van der Waals surface area contributed by atoms with E-state index in [0.717, 1.165) is 10.7 Å². The second-order valence-corrected chi connectivity index (χ2v) is 6.05. The van der Waals surface area contributed by atoms with Gasteiger partial charge in [-0.15, -0.1) is 11.3 Å². The summed E-state index contributed by atoms with van der Waals surface area (Å²) in [5.74, 6) is -1.12. The topological polar surface area (TPSA) is 42.0 Å². The molecule has 2 rings (SSSR count). The van der Waals surface area contributed by atoms with Gasteiger partial charge in [-0.25, -0.2) is 9.37 Å². The number of carbonyl (C=O) groups excluding carboxylic acids is 1. The first-order valence-corrected chi connectivity index (χ1v) is 7.33. The van der Waals surface area contributed by atoms with Crippen LogP contribution in [0.1, 0.15) is 25.9 Å². The summed E-state index contributed by atoms with van der Waals surface area (Å²) in [4.78, 5) is 17.4. The Hall–Kier alpha value is -1.46. The van der Waals surface area contributed by atoms with Crippen molar-refractivity contribution >= 4 is 28.8 Å². The third-order valence-electron chi connectivity index (χ3n) is 2.89. The molecular weight excluding hydrogens is 299 g/mol. The molecule has 0 radical (unpaired) electrons. The van der Waals surface area contributed by atoms with Crippen LogP contribution in [0.15, 0.2) is 18.2 Å². The van der Waals surface area contributed by atoms with Gasteiger partial charge in [0.15, 0.2) is 0 Å². The normalized spacial score (nSPS) is 10.6. The van der Waals surface area contributed by atoms with Gasteiger partial charge in [0.05, 0.1) is 21.3 Å². The number of nitrogens with one attached hydrogen (secondary N) is 1. The van der Waals surface area contributed by atoms with Crippen LogP contribution in [0.4, 0.5) is 4.39 Å². The standard InChI is InChI=1S/C14H14ClFN2OS/c1-8-9(2)20-12(18-8)6-7-17-14(19)13-10(15)4-3-5-11(13)16/h3-5H,6-7H2,1-2H3,(H,17,19). The second kappa shape index (κ2) is 6.33. The van der Waals surface area contributed by atoms with Crippen LogP contribution in [0.2, 0.25) is 5.02 Å². The van der Waals surface area contributed by atoms with E-state index < -0.39 is 11.7 Å². The molecule has 1 amide bonds. The second-order valence-electron chi connectivity index (χ2n) is 4.35. The first-order chi connectivity index (χ1) is 9.49. The van der Waals surface area contributed by atoms with Gasteiger partial charge in [-0.1, -0.05) is 17.7 Å². The molecule has 1 heterocycles. The molecule has 0 saturated heterocycles. The number of aromatic nitrogens is 1. The SMILES string of the molecule is Cc1nc(CCNC(=O)c2c(F)cccc2Cl)sc1C. The lowest BCUT2D eigenvalue weighted by Crippen LogP contribution is -2.26. The molecule has 106 valence electrons. The first-order valence-electron chi connectivity index (χ1n) is 6.14. The van der Waals surface area contributed by atoms with Crippen molar-refractivity contribution in [3.8, 4) is 0 Å². The minimum Gasteiger partial charge on any atom is -0.351 e. The highest BCUT2D eigenvalue weighted by Gasteiger charge is 2.15. The predicted octanol–water partition coefficient (Wildman–Crippen LogP) is 3.52. The predicted molar refractivity (Wildman–Crippen MR) is 79.0 cm³/mol. The lowest BCUT2D eigenvalue weighted by atomic mass is 10.2. The van der Waals surface area contributed by atoms with Crippen molar-refractivity contribution in [1.82, 2.24) is 10.3 Å². The molecule has 2 aromatic rings. The third kappa shape index (κ3) is 3.35. The molecule has 1 N–H and O–H groups in total. The van der Waals surface area contributed by atoms with Crippen molar-refractivity contribution in [3.63, 3.8) is 0 Å². The fraction of sp³-hybridized carbons (Fsp3) is 0.286. The average Bonchev–Trinajstić information content (AvgIpc) is 2.68. The number of carbonyl (C=O) groups is 1. The summed E-state index contributed by atoms with van der Waals surface area (Å²) < 4.78 is 13.6. The Bertz CT molecular complexity index is 602. The van der Waals surface area contributed by atoms with E-state index in [1.807, 2.05) is 13.8 Å². The zero-order chi connectivity index (χ0) is 14.7. The van der Waals surface area contributed by atoms with Crippen LogP contribution in [0.25, 0.3) is 0 Å². The maximum absolute atomic E-state index is 13.6. The van der Waals surface area contributed by atoms with Gasteiger partial charge < -0.3 is 5.32 Å². The van der Waals surface area contributed by atoms with Gasteiger partial charge in [0.1, 0.15) is 5.82 Å². The molecule has 0 aliphatic carbocycles. The van der Waals surface area contributed by atoms with Crippen LogP contribution in [-0.2, 0) is 6.42 Å². The van der Waals surface area contributed by atoms with Crippen LogP contribution < -0.4 is 5.32 Å². The minimum absolute atomic E-state index is 0.110. The van der Waals surface area contributed by atoms with Gasteiger partial charge in [-0.2, -0.15) is 0 Å². The molecule has 1 aromatic heterocycles. The van der Waals surface area contributed by atoms with Gasteiger partial charge in [-0.05, 0) is 26.0 Å². The van der Waals surface area contributed by atoms with Gasteiger partial charge in [-0.3, -0.25) is 4.79 Å². The van der Waals surface area contributed by atoms with Gasteiger partial charge >= 0.3 is 0 Å². The van der Waals surface area contributed by atoms with E-state index in [-0.39, 0.29) is 10.6 Å². The van der Waals surface area contributed by atoms with Crippen LogP contribution in [0, 0.1) is 19.7 Å². The molecule has 0 saturated carbocycles. The molecule has 0 fully saturated rings. The summed E-state index contributed by atoms with van der Waals surface area (Å²) in [6.45, 7) is 4.36. The van der Waals surface area contributed by atoms with Crippen LogP contribution in [0.3, 0.4) is 0 Å².